The molecule has 0 bridgehead atoms. The number of allylic oxidation sites excluding steroid dienone is 2. The van der Waals surface area contributed by atoms with Crippen molar-refractivity contribution in [2.45, 2.75) is 6.42 Å². The van der Waals surface area contributed by atoms with E-state index in [-0.39, 0.29) is 0 Å². The fourth-order valence-corrected chi connectivity index (χ4v) is 1.60. The number of carbonyl (C=O) groups excluding carboxylic acids is 1. The first-order chi connectivity index (χ1) is 3.93. The first-order valence-electron chi connectivity index (χ1n) is 3.05. The maximum absolute atomic E-state index is 10.1. The van der Waals surface area contributed by atoms with Gasteiger partial charge in [-0.25, -0.2) is 0 Å². The van der Waals surface area contributed by atoms with Crippen LogP contribution in [0.4, 0.5) is 0 Å². The zero-order valence-corrected chi connectivity index (χ0v) is 4.58. The van der Waals surface area contributed by atoms with E-state index in [4.69, 9.17) is 0 Å². The largest absolute Gasteiger partial charge is 0.303 e. The molecule has 0 N–H and O–H groups in total. The van der Waals surface area contributed by atoms with Crippen molar-refractivity contribution in [2.75, 3.05) is 0 Å². The Labute approximate surface area is 48.4 Å². The molecule has 1 nitrogen and oxygen atoms in total. The van der Waals surface area contributed by atoms with E-state index in [1.807, 2.05) is 0 Å². The van der Waals surface area contributed by atoms with Crippen molar-refractivity contribution < 1.29 is 4.79 Å². The zero-order chi connectivity index (χ0) is 5.56. The Morgan fingerprint density at radius 1 is 1.62 bits per heavy atom. The molecule has 0 amide bonds. The summed E-state index contributed by atoms with van der Waals surface area (Å²) in [7, 11) is 0. The summed E-state index contributed by atoms with van der Waals surface area (Å²) in [4.78, 5) is 10.1. The van der Waals surface area contributed by atoms with Crippen LogP contribution in [0.3, 0.4) is 0 Å². The normalized spacial score (nSPS) is 48.8. The molecule has 42 valence electrons. The van der Waals surface area contributed by atoms with E-state index in [2.05, 4.69) is 12.2 Å². The maximum Gasteiger partial charge on any atom is 0.123 e. The van der Waals surface area contributed by atoms with Crippen LogP contribution in [-0.2, 0) is 4.79 Å². The van der Waals surface area contributed by atoms with Crippen LogP contribution < -0.4 is 0 Å². The SMILES string of the molecule is O=C[C@H]1C2C=CCC21. The molecule has 1 heteroatoms. The van der Waals surface area contributed by atoms with E-state index in [0.717, 1.165) is 12.7 Å². The second kappa shape index (κ2) is 1.22. The Kier molecular flexibility index (Phi) is 0.655. The summed E-state index contributed by atoms with van der Waals surface area (Å²) in [6, 6.07) is 0. The third-order valence-corrected chi connectivity index (χ3v) is 2.22. The highest BCUT2D eigenvalue weighted by atomic mass is 16.1. The third-order valence-electron chi connectivity index (χ3n) is 2.22. The number of rotatable bonds is 1. The molecule has 8 heavy (non-hydrogen) atoms. The van der Waals surface area contributed by atoms with Gasteiger partial charge in [-0.3, -0.25) is 0 Å². The lowest BCUT2D eigenvalue weighted by Gasteiger charge is -1.81. The summed E-state index contributed by atoms with van der Waals surface area (Å²) in [5.41, 5.74) is 0. The summed E-state index contributed by atoms with van der Waals surface area (Å²) >= 11 is 0. The van der Waals surface area contributed by atoms with Gasteiger partial charge in [0.05, 0.1) is 0 Å². The minimum atomic E-state index is 0.403. The van der Waals surface area contributed by atoms with Crippen molar-refractivity contribution in [3.05, 3.63) is 12.2 Å². The Bertz CT molecular complexity index is 144. The van der Waals surface area contributed by atoms with Crippen molar-refractivity contribution in [1.82, 2.24) is 0 Å². The number of fused-ring (bicyclic) bond motifs is 1. The monoisotopic (exact) mass is 108 g/mol. The summed E-state index contributed by atoms with van der Waals surface area (Å²) in [6.45, 7) is 0. The van der Waals surface area contributed by atoms with Crippen molar-refractivity contribution in [1.29, 1.82) is 0 Å². The van der Waals surface area contributed by atoms with E-state index >= 15 is 0 Å². The van der Waals surface area contributed by atoms with Crippen LogP contribution in [0, 0.1) is 17.8 Å². The lowest BCUT2D eigenvalue weighted by molar-refractivity contribution is -0.109. The van der Waals surface area contributed by atoms with Gasteiger partial charge in [-0.2, -0.15) is 0 Å². The quantitative estimate of drug-likeness (QED) is 0.362. The Balaban J connectivity index is 2.12. The number of hydrogen-bond acceptors (Lipinski definition) is 1. The van der Waals surface area contributed by atoms with Gasteiger partial charge in [0.15, 0.2) is 0 Å². The smallest absolute Gasteiger partial charge is 0.123 e. The topological polar surface area (TPSA) is 17.1 Å². The minimum Gasteiger partial charge on any atom is -0.303 e. The van der Waals surface area contributed by atoms with Gasteiger partial charge in [0, 0.05) is 5.92 Å². The van der Waals surface area contributed by atoms with Crippen molar-refractivity contribution >= 4 is 6.29 Å². The molecule has 3 atom stereocenters. The summed E-state index contributed by atoms with van der Waals surface area (Å²) in [6.07, 6.45) is 6.59. The highest BCUT2D eigenvalue weighted by Gasteiger charge is 2.49. The fourth-order valence-electron chi connectivity index (χ4n) is 1.60. The van der Waals surface area contributed by atoms with Gasteiger partial charge in [0.1, 0.15) is 6.29 Å². The molecule has 0 spiro atoms. The molecule has 2 aliphatic carbocycles. The summed E-state index contributed by atoms with van der Waals surface area (Å²) < 4.78 is 0. The summed E-state index contributed by atoms with van der Waals surface area (Å²) in [5.74, 6) is 1.76. The molecule has 2 rings (SSSR count). The van der Waals surface area contributed by atoms with E-state index in [1.165, 1.54) is 0 Å². The Hall–Kier alpha value is -0.590. The van der Waals surface area contributed by atoms with Gasteiger partial charge in [-0.1, -0.05) is 12.2 Å². The first kappa shape index (κ1) is 4.30. The van der Waals surface area contributed by atoms with Crippen molar-refractivity contribution in [2.24, 2.45) is 17.8 Å². The van der Waals surface area contributed by atoms with Gasteiger partial charge < -0.3 is 4.79 Å². The Morgan fingerprint density at radius 2 is 2.50 bits per heavy atom. The van der Waals surface area contributed by atoms with Crippen LogP contribution in [0.15, 0.2) is 12.2 Å². The average Bonchev–Trinajstić information content (AvgIpc) is 2.22. The van der Waals surface area contributed by atoms with Gasteiger partial charge >= 0.3 is 0 Å². The molecule has 1 saturated carbocycles. The average molecular weight is 108 g/mol. The summed E-state index contributed by atoms with van der Waals surface area (Å²) in [5, 5.41) is 0. The first-order valence-corrected chi connectivity index (χ1v) is 3.05. The molecular formula is C7H8O. The van der Waals surface area contributed by atoms with Crippen LogP contribution in [-0.4, -0.2) is 6.29 Å². The molecule has 0 aromatic heterocycles. The van der Waals surface area contributed by atoms with E-state index < -0.39 is 0 Å². The molecule has 0 aliphatic heterocycles. The standard InChI is InChI=1S/C7H8O/c8-4-7-5-2-1-3-6(5)7/h1-2,4-7H,3H2/t5?,6?,7-/m0/s1. The highest BCUT2D eigenvalue weighted by molar-refractivity contribution is 5.61. The van der Waals surface area contributed by atoms with Crippen molar-refractivity contribution in [3.63, 3.8) is 0 Å². The molecule has 0 radical (unpaired) electrons. The number of hydrogen-bond donors (Lipinski definition) is 0. The van der Waals surface area contributed by atoms with Crippen LogP contribution >= 0.6 is 0 Å². The second-order valence-corrected chi connectivity index (χ2v) is 2.62. The van der Waals surface area contributed by atoms with Crippen LogP contribution in [0.1, 0.15) is 6.42 Å². The number of carbonyl (C=O) groups is 1. The van der Waals surface area contributed by atoms with Gasteiger partial charge in [0.25, 0.3) is 0 Å². The van der Waals surface area contributed by atoms with Crippen molar-refractivity contribution in [3.8, 4) is 0 Å². The molecule has 2 aliphatic rings. The minimum absolute atomic E-state index is 0.403. The fraction of sp³-hybridized carbons (Fsp3) is 0.571. The second-order valence-electron chi connectivity index (χ2n) is 2.62. The molecule has 1 fully saturated rings. The number of aldehydes is 1. The van der Waals surface area contributed by atoms with Crippen LogP contribution in [0.2, 0.25) is 0 Å². The maximum atomic E-state index is 10.1. The third kappa shape index (κ3) is 0.347. The van der Waals surface area contributed by atoms with E-state index in [1.54, 1.807) is 0 Å². The Morgan fingerprint density at radius 3 is 2.88 bits per heavy atom. The van der Waals surface area contributed by atoms with E-state index in [0.29, 0.717) is 17.8 Å². The molecule has 0 saturated heterocycles. The predicted octanol–water partition coefficient (Wildman–Crippen LogP) is 1.01. The molecule has 2 unspecified atom stereocenters. The van der Waals surface area contributed by atoms with Crippen LogP contribution in [0.25, 0.3) is 0 Å². The predicted molar refractivity (Wildman–Crippen MR) is 30.3 cm³/mol. The van der Waals surface area contributed by atoms with Gasteiger partial charge in [0.2, 0.25) is 0 Å². The van der Waals surface area contributed by atoms with Gasteiger partial charge in [-0.15, -0.1) is 0 Å². The lowest BCUT2D eigenvalue weighted by Crippen LogP contribution is -1.82. The lowest BCUT2D eigenvalue weighted by atomic mass is 10.2. The molecule has 0 aromatic carbocycles. The highest BCUT2D eigenvalue weighted by Crippen LogP contribution is 2.52. The zero-order valence-electron chi connectivity index (χ0n) is 4.58. The molecule has 0 aromatic rings. The van der Waals surface area contributed by atoms with E-state index in [9.17, 15) is 4.79 Å². The molecular weight excluding hydrogens is 100 g/mol. The molecule has 0 heterocycles. The van der Waals surface area contributed by atoms with Gasteiger partial charge in [-0.05, 0) is 18.3 Å². The van der Waals surface area contributed by atoms with Crippen LogP contribution in [0.5, 0.6) is 0 Å².